The summed E-state index contributed by atoms with van der Waals surface area (Å²) >= 11 is 0. The number of ether oxygens (including phenoxy) is 1. The van der Waals surface area contributed by atoms with Gasteiger partial charge in [0, 0.05) is 37.5 Å². The maximum atomic E-state index is 5.18. The van der Waals surface area contributed by atoms with E-state index in [-0.39, 0.29) is 0 Å². The van der Waals surface area contributed by atoms with Crippen LogP contribution in [0.5, 0.6) is 0 Å². The molecule has 3 nitrogen and oxygen atoms in total. The molecule has 0 aliphatic rings. The highest BCUT2D eigenvalue weighted by Crippen LogP contribution is 2.26. The largest absolute Gasteiger partial charge is 0.385 e. The van der Waals surface area contributed by atoms with Crippen molar-refractivity contribution in [2.45, 2.75) is 32.2 Å². The molecule has 0 saturated heterocycles. The fraction of sp³-hybridized carbons (Fsp3) is 0.471. The van der Waals surface area contributed by atoms with Crippen LogP contribution >= 0.6 is 0 Å². The molecule has 1 heterocycles. The minimum absolute atomic E-state index is 0.373. The second-order valence-corrected chi connectivity index (χ2v) is 5.09. The van der Waals surface area contributed by atoms with Crippen LogP contribution in [0.25, 0.3) is 10.8 Å². The first-order valence-electron chi connectivity index (χ1n) is 7.41. The van der Waals surface area contributed by atoms with E-state index < -0.39 is 0 Å². The van der Waals surface area contributed by atoms with Crippen molar-refractivity contribution >= 4 is 10.8 Å². The monoisotopic (exact) mass is 272 g/mol. The number of aromatic nitrogens is 1. The van der Waals surface area contributed by atoms with E-state index in [2.05, 4.69) is 41.5 Å². The highest BCUT2D eigenvalue weighted by atomic mass is 16.5. The van der Waals surface area contributed by atoms with Gasteiger partial charge in [-0.25, -0.2) is 0 Å². The molecule has 0 fully saturated rings. The number of fused-ring (bicyclic) bond motifs is 1. The molecule has 0 bridgehead atoms. The number of hydrogen-bond acceptors (Lipinski definition) is 3. The smallest absolute Gasteiger partial charge is 0.0462 e. The van der Waals surface area contributed by atoms with Crippen molar-refractivity contribution < 1.29 is 4.74 Å². The predicted molar refractivity (Wildman–Crippen MR) is 83.9 cm³/mol. The molecule has 1 atom stereocenters. The van der Waals surface area contributed by atoms with Gasteiger partial charge >= 0.3 is 0 Å². The Balaban J connectivity index is 2.24. The molecule has 2 aromatic rings. The molecule has 20 heavy (non-hydrogen) atoms. The first-order valence-corrected chi connectivity index (χ1v) is 7.41. The minimum Gasteiger partial charge on any atom is -0.385 e. The highest BCUT2D eigenvalue weighted by molar-refractivity contribution is 5.85. The average molecular weight is 272 g/mol. The Hall–Kier alpha value is -1.45. The van der Waals surface area contributed by atoms with Crippen LogP contribution in [0.2, 0.25) is 0 Å². The van der Waals surface area contributed by atoms with Gasteiger partial charge in [-0.15, -0.1) is 0 Å². The Bertz CT molecular complexity index is 522. The summed E-state index contributed by atoms with van der Waals surface area (Å²) in [6.45, 7) is 4.05. The van der Waals surface area contributed by atoms with Gasteiger partial charge in [-0.05, 0) is 42.8 Å². The van der Waals surface area contributed by atoms with Crippen LogP contribution < -0.4 is 5.32 Å². The van der Waals surface area contributed by atoms with Gasteiger partial charge in [0.15, 0.2) is 0 Å². The molecule has 1 unspecified atom stereocenters. The SMILES string of the molecule is CCCNC(CCCOC)c1cccc2ccncc12. The van der Waals surface area contributed by atoms with E-state index in [1.165, 1.54) is 16.3 Å². The second kappa shape index (κ2) is 7.98. The number of nitrogens with one attached hydrogen (secondary N) is 1. The van der Waals surface area contributed by atoms with Crippen LogP contribution in [-0.4, -0.2) is 25.2 Å². The van der Waals surface area contributed by atoms with Crippen molar-refractivity contribution in [3.8, 4) is 0 Å². The van der Waals surface area contributed by atoms with Crippen LogP contribution in [0, 0.1) is 0 Å². The van der Waals surface area contributed by atoms with E-state index >= 15 is 0 Å². The van der Waals surface area contributed by atoms with Gasteiger partial charge in [0.1, 0.15) is 0 Å². The molecule has 1 aromatic carbocycles. The van der Waals surface area contributed by atoms with Gasteiger partial charge in [0.2, 0.25) is 0 Å². The summed E-state index contributed by atoms with van der Waals surface area (Å²) in [6.07, 6.45) is 7.12. The van der Waals surface area contributed by atoms with E-state index in [0.717, 1.165) is 32.4 Å². The molecule has 3 heteroatoms. The predicted octanol–water partition coefficient (Wildman–Crippen LogP) is 3.70. The molecule has 0 saturated carbocycles. The number of hydrogen-bond donors (Lipinski definition) is 1. The number of methoxy groups -OCH3 is 1. The van der Waals surface area contributed by atoms with E-state index in [9.17, 15) is 0 Å². The second-order valence-electron chi connectivity index (χ2n) is 5.09. The molecule has 0 spiro atoms. The van der Waals surface area contributed by atoms with Gasteiger partial charge in [-0.3, -0.25) is 4.98 Å². The van der Waals surface area contributed by atoms with Crippen LogP contribution in [0.3, 0.4) is 0 Å². The van der Waals surface area contributed by atoms with Crippen molar-refractivity contribution in [2.75, 3.05) is 20.3 Å². The molecule has 108 valence electrons. The first-order chi connectivity index (χ1) is 9.86. The first kappa shape index (κ1) is 14.9. The summed E-state index contributed by atoms with van der Waals surface area (Å²) < 4.78 is 5.18. The number of nitrogens with zero attached hydrogens (tertiary/aromatic N) is 1. The standard InChI is InChI=1S/C17H24N2O/c1-3-10-19-17(8-5-12-20-2)15-7-4-6-14-9-11-18-13-16(14)15/h4,6-7,9,11,13,17,19H,3,5,8,10,12H2,1-2H3. The molecular weight excluding hydrogens is 248 g/mol. The Morgan fingerprint density at radius 3 is 3.00 bits per heavy atom. The number of rotatable bonds is 8. The Morgan fingerprint density at radius 1 is 1.30 bits per heavy atom. The van der Waals surface area contributed by atoms with Gasteiger partial charge in [-0.2, -0.15) is 0 Å². The van der Waals surface area contributed by atoms with Crippen LogP contribution in [0.15, 0.2) is 36.7 Å². The van der Waals surface area contributed by atoms with Crippen molar-refractivity contribution in [3.05, 3.63) is 42.2 Å². The number of pyridine rings is 1. The van der Waals surface area contributed by atoms with Crippen molar-refractivity contribution in [2.24, 2.45) is 0 Å². The van der Waals surface area contributed by atoms with E-state index in [1.807, 2.05) is 12.4 Å². The summed E-state index contributed by atoms with van der Waals surface area (Å²) in [6, 6.07) is 8.94. The Morgan fingerprint density at radius 2 is 2.20 bits per heavy atom. The van der Waals surface area contributed by atoms with Crippen molar-refractivity contribution in [1.82, 2.24) is 10.3 Å². The fourth-order valence-electron chi connectivity index (χ4n) is 2.56. The van der Waals surface area contributed by atoms with E-state index in [4.69, 9.17) is 4.74 Å². The molecule has 1 aromatic heterocycles. The molecule has 2 rings (SSSR count). The maximum absolute atomic E-state index is 5.18. The maximum Gasteiger partial charge on any atom is 0.0462 e. The van der Waals surface area contributed by atoms with Gasteiger partial charge in [0.25, 0.3) is 0 Å². The number of benzene rings is 1. The average Bonchev–Trinajstić information content (AvgIpc) is 2.50. The summed E-state index contributed by atoms with van der Waals surface area (Å²) in [4.78, 5) is 4.28. The van der Waals surface area contributed by atoms with Gasteiger partial charge in [0.05, 0.1) is 0 Å². The third kappa shape index (κ3) is 3.78. The Kier molecular flexibility index (Phi) is 5.96. The van der Waals surface area contributed by atoms with Crippen molar-refractivity contribution in [3.63, 3.8) is 0 Å². The lowest BCUT2D eigenvalue weighted by Crippen LogP contribution is -2.22. The van der Waals surface area contributed by atoms with E-state index in [1.54, 1.807) is 7.11 Å². The quantitative estimate of drug-likeness (QED) is 0.744. The summed E-state index contributed by atoms with van der Waals surface area (Å²) in [5, 5.41) is 6.16. The zero-order chi connectivity index (χ0) is 14.2. The topological polar surface area (TPSA) is 34.1 Å². The van der Waals surface area contributed by atoms with Gasteiger partial charge < -0.3 is 10.1 Å². The third-order valence-electron chi connectivity index (χ3n) is 3.57. The lowest BCUT2D eigenvalue weighted by atomic mass is 9.97. The zero-order valence-corrected chi connectivity index (χ0v) is 12.4. The highest BCUT2D eigenvalue weighted by Gasteiger charge is 2.13. The van der Waals surface area contributed by atoms with E-state index in [0.29, 0.717) is 6.04 Å². The lowest BCUT2D eigenvalue weighted by Gasteiger charge is -2.20. The normalized spacial score (nSPS) is 12.7. The molecule has 0 aliphatic carbocycles. The van der Waals surface area contributed by atoms with Crippen LogP contribution in [-0.2, 0) is 4.74 Å². The molecule has 0 radical (unpaired) electrons. The van der Waals surface area contributed by atoms with Crippen LogP contribution in [0.1, 0.15) is 37.8 Å². The fourth-order valence-corrected chi connectivity index (χ4v) is 2.56. The summed E-state index contributed by atoms with van der Waals surface area (Å²) in [5.74, 6) is 0. The molecular formula is C17H24N2O. The minimum atomic E-state index is 0.373. The molecule has 1 N–H and O–H groups in total. The summed E-state index contributed by atoms with van der Waals surface area (Å²) in [5.41, 5.74) is 1.35. The summed E-state index contributed by atoms with van der Waals surface area (Å²) in [7, 11) is 1.76. The Labute approximate surface area is 121 Å². The van der Waals surface area contributed by atoms with Crippen molar-refractivity contribution in [1.29, 1.82) is 0 Å². The third-order valence-corrected chi connectivity index (χ3v) is 3.57. The van der Waals surface area contributed by atoms with Gasteiger partial charge in [-0.1, -0.05) is 25.1 Å². The zero-order valence-electron chi connectivity index (χ0n) is 12.4. The molecule has 0 aliphatic heterocycles. The molecule has 0 amide bonds. The lowest BCUT2D eigenvalue weighted by molar-refractivity contribution is 0.189. The van der Waals surface area contributed by atoms with Crippen LogP contribution in [0.4, 0.5) is 0 Å².